The molecule has 0 N–H and O–H groups in total. The molecule has 0 radical (unpaired) electrons. The van der Waals surface area contributed by atoms with Crippen molar-refractivity contribution in [1.82, 2.24) is 4.98 Å². The van der Waals surface area contributed by atoms with Crippen LogP contribution in [-0.4, -0.2) is 17.6 Å². The van der Waals surface area contributed by atoms with E-state index in [1.807, 2.05) is 42.5 Å². The van der Waals surface area contributed by atoms with Gasteiger partial charge in [-0.3, -0.25) is 0 Å². The molecule has 0 amide bonds. The van der Waals surface area contributed by atoms with Crippen molar-refractivity contribution in [2.75, 3.05) is 6.61 Å². The summed E-state index contributed by atoms with van der Waals surface area (Å²) in [6, 6.07) is 18.1. The van der Waals surface area contributed by atoms with Crippen molar-refractivity contribution in [3.8, 4) is 28.1 Å². The smallest absolute Gasteiger partial charge is 0.127 e. The lowest BCUT2D eigenvalue weighted by Gasteiger charge is -2.18. The Bertz CT molecular complexity index is 999. The molecule has 29 heavy (non-hydrogen) atoms. The molecule has 0 fully saturated rings. The van der Waals surface area contributed by atoms with Gasteiger partial charge in [-0.25, -0.2) is 4.98 Å². The number of ether oxygens (including phenoxy) is 1. The zero-order chi connectivity index (χ0) is 20.8. The topological polar surface area (TPSA) is 62.2 Å². The van der Waals surface area contributed by atoms with Crippen LogP contribution in [0.1, 0.15) is 37.2 Å². The molecule has 0 aliphatic rings. The Kier molecular flexibility index (Phi) is 6.89. The first-order chi connectivity index (χ1) is 14.0. The number of benzene rings is 2. The van der Waals surface area contributed by atoms with Crippen LogP contribution in [0.2, 0.25) is 5.02 Å². The molecule has 0 spiro atoms. The summed E-state index contributed by atoms with van der Waals surface area (Å²) in [6.07, 6.45) is 2.10. The maximum Gasteiger partial charge on any atom is 0.127 e. The Balaban J connectivity index is 2.07. The first kappa shape index (κ1) is 20.9. The van der Waals surface area contributed by atoms with E-state index in [0.29, 0.717) is 23.2 Å². The second kappa shape index (κ2) is 9.57. The molecule has 1 heterocycles. The second-order valence-electron chi connectivity index (χ2n) is 6.88. The number of carbonyl (C=O) groups excluding carboxylic acids is 1. The SMILES string of the molecule is CCC(CC)COc1ccc(Cl)cc1-c1ccccc1-c1cccc(C(=O)[O-])n1. The first-order valence-electron chi connectivity index (χ1n) is 9.74. The molecule has 5 heteroatoms. The van der Waals surface area contributed by atoms with Gasteiger partial charge >= 0.3 is 0 Å². The summed E-state index contributed by atoms with van der Waals surface area (Å²) in [5, 5.41) is 11.8. The van der Waals surface area contributed by atoms with Crippen LogP contribution in [-0.2, 0) is 0 Å². The van der Waals surface area contributed by atoms with Crippen molar-refractivity contribution in [1.29, 1.82) is 0 Å². The molecule has 0 aliphatic heterocycles. The molecular weight excluding hydrogens is 386 g/mol. The minimum atomic E-state index is -1.30. The van der Waals surface area contributed by atoms with E-state index in [0.717, 1.165) is 35.3 Å². The highest BCUT2D eigenvalue weighted by molar-refractivity contribution is 6.31. The number of carbonyl (C=O) groups is 1. The molecule has 4 nitrogen and oxygen atoms in total. The van der Waals surface area contributed by atoms with Gasteiger partial charge in [0.2, 0.25) is 0 Å². The maximum absolute atomic E-state index is 11.2. The standard InChI is InChI=1S/C24H24ClNO3/c1-3-16(4-2)15-29-23-13-12-17(25)14-20(23)18-8-5-6-9-19(18)21-10-7-11-22(26-21)24(27)28/h5-14,16H,3-4,15H2,1-2H3,(H,27,28)/p-1. The predicted octanol–water partition coefficient (Wildman–Crippen LogP) is 5.25. The molecular formula is C24H23ClNO3-. The molecule has 0 atom stereocenters. The van der Waals surface area contributed by atoms with Crippen molar-refractivity contribution in [3.05, 3.63) is 71.4 Å². The summed E-state index contributed by atoms with van der Waals surface area (Å²) in [5.41, 5.74) is 2.96. The number of aromatic nitrogens is 1. The van der Waals surface area contributed by atoms with Crippen LogP contribution in [0, 0.1) is 5.92 Å². The van der Waals surface area contributed by atoms with Gasteiger partial charge in [0.1, 0.15) is 5.75 Å². The van der Waals surface area contributed by atoms with Crippen LogP contribution < -0.4 is 9.84 Å². The van der Waals surface area contributed by atoms with Crippen LogP contribution in [0.15, 0.2) is 60.7 Å². The Hall–Kier alpha value is -2.85. The summed E-state index contributed by atoms with van der Waals surface area (Å²) in [6.45, 7) is 4.94. The monoisotopic (exact) mass is 408 g/mol. The lowest BCUT2D eigenvalue weighted by atomic mass is 9.96. The van der Waals surface area contributed by atoms with E-state index < -0.39 is 5.97 Å². The molecule has 0 unspecified atom stereocenters. The summed E-state index contributed by atoms with van der Waals surface area (Å²) < 4.78 is 6.16. The number of hydrogen-bond acceptors (Lipinski definition) is 4. The van der Waals surface area contributed by atoms with E-state index in [4.69, 9.17) is 16.3 Å². The first-order valence-corrected chi connectivity index (χ1v) is 10.1. The average Bonchev–Trinajstić information content (AvgIpc) is 2.75. The fraction of sp³-hybridized carbons (Fsp3) is 0.250. The lowest BCUT2D eigenvalue weighted by molar-refractivity contribution is -0.255. The van der Waals surface area contributed by atoms with Crippen molar-refractivity contribution < 1.29 is 14.6 Å². The third-order valence-corrected chi connectivity index (χ3v) is 5.26. The van der Waals surface area contributed by atoms with Gasteiger partial charge in [0.05, 0.1) is 24.0 Å². The van der Waals surface area contributed by atoms with Gasteiger partial charge < -0.3 is 14.6 Å². The summed E-state index contributed by atoms with van der Waals surface area (Å²) in [5.74, 6) is -0.0822. The normalized spacial score (nSPS) is 10.9. The van der Waals surface area contributed by atoms with Crippen LogP contribution in [0.25, 0.3) is 22.4 Å². The maximum atomic E-state index is 11.2. The van der Waals surface area contributed by atoms with Gasteiger partial charge in [-0.2, -0.15) is 0 Å². The van der Waals surface area contributed by atoms with E-state index in [-0.39, 0.29) is 5.69 Å². The summed E-state index contributed by atoms with van der Waals surface area (Å²) in [4.78, 5) is 15.5. The number of carboxylic acids is 1. The summed E-state index contributed by atoms with van der Waals surface area (Å²) >= 11 is 6.29. The molecule has 1 aromatic heterocycles. The van der Waals surface area contributed by atoms with Gasteiger partial charge in [-0.15, -0.1) is 0 Å². The lowest BCUT2D eigenvalue weighted by Crippen LogP contribution is -2.23. The van der Waals surface area contributed by atoms with Gasteiger partial charge in [0.25, 0.3) is 0 Å². The molecule has 3 aromatic rings. The van der Waals surface area contributed by atoms with Crippen molar-refractivity contribution >= 4 is 17.6 Å². The zero-order valence-corrected chi connectivity index (χ0v) is 17.3. The minimum Gasteiger partial charge on any atom is -0.543 e. The van der Waals surface area contributed by atoms with E-state index in [9.17, 15) is 9.90 Å². The van der Waals surface area contributed by atoms with Crippen molar-refractivity contribution in [2.24, 2.45) is 5.92 Å². The summed E-state index contributed by atoms with van der Waals surface area (Å²) in [7, 11) is 0. The van der Waals surface area contributed by atoms with Crippen molar-refractivity contribution in [3.63, 3.8) is 0 Å². The fourth-order valence-corrected chi connectivity index (χ4v) is 3.38. The number of hydrogen-bond donors (Lipinski definition) is 0. The number of halogens is 1. The van der Waals surface area contributed by atoms with E-state index in [1.165, 1.54) is 6.07 Å². The van der Waals surface area contributed by atoms with Gasteiger partial charge in [-0.1, -0.05) is 68.6 Å². The number of nitrogens with zero attached hydrogens (tertiary/aromatic N) is 1. The molecule has 3 rings (SSSR count). The Morgan fingerprint density at radius 1 is 1.00 bits per heavy atom. The average molecular weight is 409 g/mol. The van der Waals surface area contributed by atoms with Crippen LogP contribution in [0.3, 0.4) is 0 Å². The molecule has 150 valence electrons. The Morgan fingerprint density at radius 3 is 2.41 bits per heavy atom. The largest absolute Gasteiger partial charge is 0.543 e. The van der Waals surface area contributed by atoms with E-state index in [1.54, 1.807) is 12.1 Å². The predicted molar refractivity (Wildman–Crippen MR) is 114 cm³/mol. The van der Waals surface area contributed by atoms with Crippen LogP contribution in [0.4, 0.5) is 0 Å². The molecule has 0 aliphatic carbocycles. The third kappa shape index (κ3) is 4.96. The van der Waals surface area contributed by atoms with Gasteiger partial charge in [0, 0.05) is 16.1 Å². The number of pyridine rings is 1. The molecule has 0 bridgehead atoms. The molecule has 2 aromatic carbocycles. The third-order valence-electron chi connectivity index (χ3n) is 5.02. The number of rotatable bonds is 8. The highest BCUT2D eigenvalue weighted by Gasteiger charge is 2.15. The van der Waals surface area contributed by atoms with E-state index >= 15 is 0 Å². The minimum absolute atomic E-state index is 0.103. The molecule has 0 saturated carbocycles. The number of aromatic carboxylic acids is 1. The zero-order valence-electron chi connectivity index (χ0n) is 16.5. The highest BCUT2D eigenvalue weighted by atomic mass is 35.5. The van der Waals surface area contributed by atoms with Crippen molar-refractivity contribution in [2.45, 2.75) is 26.7 Å². The van der Waals surface area contributed by atoms with Gasteiger partial charge in [-0.05, 0) is 41.8 Å². The second-order valence-corrected chi connectivity index (χ2v) is 7.31. The van der Waals surface area contributed by atoms with Gasteiger partial charge in [0.15, 0.2) is 0 Å². The Labute approximate surface area is 176 Å². The Morgan fingerprint density at radius 2 is 1.72 bits per heavy atom. The fourth-order valence-electron chi connectivity index (χ4n) is 3.21. The van der Waals surface area contributed by atoms with Crippen LogP contribution in [0.5, 0.6) is 5.75 Å². The quantitative estimate of drug-likeness (QED) is 0.510. The highest BCUT2D eigenvalue weighted by Crippen LogP contribution is 2.38. The molecule has 0 saturated heterocycles. The number of carboxylic acid groups (broad SMARTS) is 1. The van der Waals surface area contributed by atoms with Crippen LogP contribution >= 0.6 is 11.6 Å². The van der Waals surface area contributed by atoms with E-state index in [2.05, 4.69) is 18.8 Å².